The fourth-order valence-electron chi connectivity index (χ4n) is 4.67. The number of carbonyl (C=O) groups is 1. The van der Waals surface area contributed by atoms with Crippen LogP contribution in [0.1, 0.15) is 142 Å². The average molecular weight is 643 g/mol. The zero-order valence-electron chi connectivity index (χ0n) is 28.5. The van der Waals surface area contributed by atoms with Gasteiger partial charge >= 0.3 is 7.82 Å². The highest BCUT2D eigenvalue weighted by Crippen LogP contribution is 2.45. The first-order chi connectivity index (χ1) is 21.0. The van der Waals surface area contributed by atoms with Crippen LogP contribution in [0.15, 0.2) is 0 Å². The van der Waals surface area contributed by atoms with Crippen LogP contribution in [-0.4, -0.2) is 78.5 Å². The van der Waals surface area contributed by atoms with Gasteiger partial charge in [-0.15, -0.1) is 0 Å². The maximum atomic E-state index is 12.6. The van der Waals surface area contributed by atoms with Crippen molar-refractivity contribution >= 4 is 13.6 Å². The molecule has 0 fully saturated rings. The normalized spacial score (nSPS) is 14.2. The van der Waals surface area contributed by atoms with Crippen molar-refractivity contribution in [1.82, 2.24) is 0 Å². The van der Waals surface area contributed by atoms with Gasteiger partial charge in [0.15, 0.2) is 11.9 Å². The number of nitrogens with zero attached hydrogens (tertiary/aromatic N) is 1. The number of ketones is 1. The average Bonchev–Trinajstić information content (AvgIpc) is 2.96. The van der Waals surface area contributed by atoms with E-state index in [4.69, 9.17) is 9.05 Å². The zero-order chi connectivity index (χ0) is 32.9. The fourth-order valence-corrected chi connectivity index (χ4v) is 5.59. The van der Waals surface area contributed by atoms with Crippen LogP contribution in [-0.2, 0) is 18.4 Å². The molecule has 0 aromatic rings. The molecule has 2 unspecified atom stereocenters. The molecule has 0 aliphatic carbocycles. The summed E-state index contributed by atoms with van der Waals surface area (Å²) in [4.78, 5) is 22.5. The first-order valence-corrected chi connectivity index (χ1v) is 18.8. The van der Waals surface area contributed by atoms with Crippen LogP contribution >= 0.6 is 7.82 Å². The summed E-state index contributed by atoms with van der Waals surface area (Å²) in [5, 5.41) is 19.3. The van der Waals surface area contributed by atoms with Crippen molar-refractivity contribution in [1.29, 1.82) is 0 Å². The van der Waals surface area contributed by atoms with Crippen LogP contribution in [0.5, 0.6) is 0 Å². The van der Waals surface area contributed by atoms with Gasteiger partial charge in [0.2, 0.25) is 0 Å². The molecule has 0 aromatic carbocycles. The molecule has 3 N–H and O–H groups in total. The van der Waals surface area contributed by atoms with Crippen molar-refractivity contribution in [2.45, 2.75) is 154 Å². The van der Waals surface area contributed by atoms with Gasteiger partial charge in [0.05, 0.1) is 27.7 Å². The summed E-state index contributed by atoms with van der Waals surface area (Å²) in [5.41, 5.74) is 0. The van der Waals surface area contributed by atoms with Crippen LogP contribution in [0.3, 0.4) is 0 Å². The van der Waals surface area contributed by atoms with Crippen LogP contribution in [0.25, 0.3) is 0 Å². The van der Waals surface area contributed by atoms with Crippen LogP contribution in [0, 0.1) is 23.7 Å². The van der Waals surface area contributed by atoms with E-state index in [1.54, 1.807) is 0 Å². The lowest BCUT2D eigenvalue weighted by molar-refractivity contribution is -0.870. The molecule has 0 radical (unpaired) electrons. The second-order valence-electron chi connectivity index (χ2n) is 12.9. The first kappa shape index (κ1) is 42.8. The van der Waals surface area contributed by atoms with Gasteiger partial charge in [-0.05, 0) is 31.1 Å². The Balaban J connectivity index is 3.87. The molecule has 0 aromatic heterocycles. The Morgan fingerprint density at radius 3 is 1.61 bits per heavy atom. The highest BCUT2D eigenvalue weighted by atomic mass is 31.2. The molecule has 0 saturated heterocycles. The summed E-state index contributed by atoms with van der Waals surface area (Å²) >= 11 is 0. The molecular weight excluding hydrogens is 577 g/mol. The second-order valence-corrected chi connectivity index (χ2v) is 14.3. The predicted molar refractivity (Wildman–Crippen MR) is 180 cm³/mol. The highest BCUT2D eigenvalue weighted by Gasteiger charge is 2.35. The number of likely N-dealkylation sites (N-methyl/N-ethyl adjacent to an activating group) is 1. The minimum Gasteiger partial charge on any atom is -0.394 e. The van der Waals surface area contributed by atoms with Crippen molar-refractivity contribution in [3.63, 3.8) is 0 Å². The third kappa shape index (κ3) is 28.3. The largest absolute Gasteiger partial charge is 0.473 e. The van der Waals surface area contributed by atoms with Crippen molar-refractivity contribution < 1.29 is 38.0 Å². The number of aliphatic hydroxyl groups is 2. The van der Waals surface area contributed by atoms with Gasteiger partial charge in [0, 0.05) is 19.3 Å². The number of quaternary nitrogens is 1. The molecule has 0 saturated carbocycles. The number of hydrogen-bond acceptors (Lipinski definition) is 6. The summed E-state index contributed by atoms with van der Waals surface area (Å²) in [6, 6.07) is 0. The van der Waals surface area contributed by atoms with Crippen LogP contribution < -0.4 is 0 Å². The van der Waals surface area contributed by atoms with E-state index in [1.807, 2.05) is 21.1 Å². The van der Waals surface area contributed by atoms with E-state index >= 15 is 0 Å². The van der Waals surface area contributed by atoms with E-state index in [0.717, 1.165) is 44.9 Å². The lowest BCUT2D eigenvalue weighted by Gasteiger charge is -2.26. The number of unbranched alkanes of at least 4 members (excludes halogenated alkanes) is 18. The molecule has 3 atom stereocenters. The molecule has 44 heavy (non-hydrogen) atoms. The molecule has 0 spiro atoms. The summed E-state index contributed by atoms with van der Waals surface area (Å²) < 4.78 is 22.7. The number of phosphoric ester groups is 1. The molecule has 0 rings (SSSR count). The quantitative estimate of drug-likeness (QED) is 0.0339. The van der Waals surface area contributed by atoms with E-state index in [1.165, 1.54) is 77.0 Å². The van der Waals surface area contributed by atoms with E-state index < -0.39 is 32.4 Å². The second kappa shape index (κ2) is 28.0. The minimum atomic E-state index is -4.56. The minimum absolute atomic E-state index is 0.0517. The highest BCUT2D eigenvalue weighted by molar-refractivity contribution is 7.47. The zero-order valence-corrected chi connectivity index (χ0v) is 29.4. The number of rotatable bonds is 29. The molecule has 0 heterocycles. The van der Waals surface area contributed by atoms with E-state index in [-0.39, 0.29) is 13.0 Å². The van der Waals surface area contributed by atoms with Crippen molar-refractivity contribution in [2.24, 2.45) is 0 Å². The van der Waals surface area contributed by atoms with E-state index in [2.05, 4.69) is 30.6 Å². The molecule has 256 valence electrons. The number of Topliss-reactive ketones (excluding diaryl/α,β-unsaturated/α-hetero) is 1. The summed E-state index contributed by atoms with van der Waals surface area (Å²) in [6.07, 6.45) is 20.4. The maximum absolute atomic E-state index is 12.6. The SMILES string of the molecule is CCCCCCCCCCCCCCCC#CC#CCCCCCCCC(=O)C(OP(=O)(O)OCC[N+](C)(C)C)[C@@H](O)CO. The molecule has 0 amide bonds. The molecule has 9 heteroatoms. The van der Waals surface area contributed by atoms with Gasteiger partial charge in [-0.2, -0.15) is 0 Å². The van der Waals surface area contributed by atoms with Crippen LogP contribution in [0.2, 0.25) is 0 Å². The third-order valence-electron chi connectivity index (χ3n) is 7.49. The topological polar surface area (TPSA) is 113 Å². The Labute approximate surface area is 269 Å². The van der Waals surface area contributed by atoms with Gasteiger partial charge < -0.3 is 19.6 Å². The van der Waals surface area contributed by atoms with Crippen molar-refractivity contribution in [2.75, 3.05) is 40.9 Å². The van der Waals surface area contributed by atoms with Gasteiger partial charge in [-0.1, -0.05) is 115 Å². The molecule has 8 nitrogen and oxygen atoms in total. The number of carbonyl (C=O) groups excluding carboxylic acids is 1. The Morgan fingerprint density at radius 1 is 0.750 bits per heavy atom. The maximum Gasteiger partial charge on any atom is 0.473 e. The lowest BCUT2D eigenvalue weighted by Crippen LogP contribution is -2.39. The monoisotopic (exact) mass is 642 g/mol. The van der Waals surface area contributed by atoms with Gasteiger partial charge in [-0.25, -0.2) is 4.57 Å². The van der Waals surface area contributed by atoms with Gasteiger partial charge in [-0.3, -0.25) is 13.8 Å². The Morgan fingerprint density at radius 2 is 1.18 bits per heavy atom. The predicted octanol–water partition coefficient (Wildman–Crippen LogP) is 7.34. The lowest BCUT2D eigenvalue weighted by atomic mass is 10.0. The number of aliphatic hydroxyl groups excluding tert-OH is 2. The molecular formula is C35H65NO7P+. The molecule has 0 aliphatic heterocycles. The van der Waals surface area contributed by atoms with Gasteiger partial charge in [0.1, 0.15) is 19.3 Å². The first-order valence-electron chi connectivity index (χ1n) is 17.3. The standard InChI is InChI=1S/C35H64NO7P/c1-5-6-7-8-9-10-11-12-13-14-15-16-17-18-19-20-21-22-23-24-25-26-27-28-29-33(38)35(34(39)32-37)43-44(40,41)42-31-30-36(2,3)4/h34-35,37,39H,5-18,23-32H2,1-4H3/p+1/t34-,35?/m0/s1. The van der Waals surface area contributed by atoms with Crippen molar-refractivity contribution in [3.8, 4) is 23.7 Å². The Kier molecular flexibility index (Phi) is 27.3. The summed E-state index contributed by atoms with van der Waals surface area (Å²) in [7, 11) is 1.14. The molecule has 0 aliphatic rings. The smallest absolute Gasteiger partial charge is 0.394 e. The van der Waals surface area contributed by atoms with E-state index in [0.29, 0.717) is 17.4 Å². The Bertz CT molecular complexity index is 881. The Hall–Kier alpha value is -1.22. The third-order valence-corrected chi connectivity index (χ3v) is 8.49. The van der Waals surface area contributed by atoms with E-state index in [9.17, 15) is 24.5 Å². The van der Waals surface area contributed by atoms with Gasteiger partial charge in [0.25, 0.3) is 0 Å². The summed E-state index contributed by atoms with van der Waals surface area (Å²) in [5.74, 6) is 11.7. The van der Waals surface area contributed by atoms with Crippen molar-refractivity contribution in [3.05, 3.63) is 0 Å². The number of hydrogen-bond donors (Lipinski definition) is 3. The summed E-state index contributed by atoms with van der Waals surface area (Å²) in [6.45, 7) is 1.90. The van der Waals surface area contributed by atoms with Crippen LogP contribution in [0.4, 0.5) is 0 Å². The number of phosphoric acid groups is 1. The fraction of sp³-hybridized carbons (Fsp3) is 0.857. The molecule has 0 bridgehead atoms.